The maximum absolute atomic E-state index is 13.3. The van der Waals surface area contributed by atoms with Crippen LogP contribution >= 0.6 is 0 Å². The molecule has 4 aliphatic carbocycles. The van der Waals surface area contributed by atoms with Gasteiger partial charge in [-0.15, -0.1) is 0 Å². The van der Waals surface area contributed by atoms with Gasteiger partial charge in [0, 0.05) is 12.5 Å². The SMILES string of the molecule is C[C@H](C(=O)NCCCN(CCCN)CCCN)[C@H]1CC[C@H]2[C@@H]3CC=C4C[C@@H](O)CC[C@]4(C)[C@H]3CC[C@]12C. The highest BCUT2D eigenvalue weighted by Gasteiger charge is 2.59. The molecule has 1 amide bonds. The van der Waals surface area contributed by atoms with Crippen LogP contribution in [0.25, 0.3) is 0 Å². The molecule has 6 heteroatoms. The van der Waals surface area contributed by atoms with Crippen molar-refractivity contribution in [3.63, 3.8) is 0 Å². The summed E-state index contributed by atoms with van der Waals surface area (Å²) in [4.78, 5) is 15.7. The highest BCUT2D eigenvalue weighted by molar-refractivity contribution is 5.78. The molecule has 0 spiro atoms. The molecule has 212 valence electrons. The molecule has 4 aliphatic rings. The van der Waals surface area contributed by atoms with E-state index >= 15 is 0 Å². The third kappa shape index (κ3) is 5.97. The second kappa shape index (κ2) is 12.5. The molecule has 8 atom stereocenters. The van der Waals surface area contributed by atoms with Gasteiger partial charge in [0.25, 0.3) is 0 Å². The van der Waals surface area contributed by atoms with Crippen molar-refractivity contribution in [2.24, 2.45) is 51.9 Å². The number of aliphatic hydroxyl groups is 1. The summed E-state index contributed by atoms with van der Waals surface area (Å²) in [5.74, 6) is 3.04. The topological polar surface area (TPSA) is 105 Å². The predicted molar refractivity (Wildman–Crippen MR) is 152 cm³/mol. The molecular weight excluding hydrogens is 460 g/mol. The van der Waals surface area contributed by atoms with E-state index < -0.39 is 0 Å². The quantitative estimate of drug-likeness (QED) is 0.231. The highest BCUT2D eigenvalue weighted by atomic mass is 16.3. The summed E-state index contributed by atoms with van der Waals surface area (Å²) in [6, 6.07) is 0. The van der Waals surface area contributed by atoms with Crippen LogP contribution in [0.1, 0.15) is 91.4 Å². The summed E-state index contributed by atoms with van der Waals surface area (Å²) in [5.41, 5.74) is 13.5. The standard InChI is InChI=1S/C31H56N4O2/c1-22(29(37)34-17-6-20-35(18-4-15-32)19-5-16-33)26-9-10-27-25-8-7-23-21-24(36)11-13-30(23,2)28(25)12-14-31(26,27)3/h7,22,24-28,36H,4-6,8-21,32-33H2,1-3H3,(H,34,37)/t22-,24-,25-,26+,27-,28-,30-,31+/m0/s1. The number of rotatable bonds is 12. The van der Waals surface area contributed by atoms with E-state index in [1.807, 2.05) is 0 Å². The number of hydrogen-bond donors (Lipinski definition) is 4. The maximum atomic E-state index is 13.3. The zero-order valence-electron chi connectivity index (χ0n) is 24.0. The van der Waals surface area contributed by atoms with Gasteiger partial charge in [-0.3, -0.25) is 4.79 Å². The van der Waals surface area contributed by atoms with Crippen molar-refractivity contribution in [3.05, 3.63) is 11.6 Å². The van der Waals surface area contributed by atoms with Crippen LogP contribution in [0.3, 0.4) is 0 Å². The number of hydrogen-bond acceptors (Lipinski definition) is 5. The molecule has 0 radical (unpaired) electrons. The molecule has 3 fully saturated rings. The van der Waals surface area contributed by atoms with Crippen LogP contribution in [0.2, 0.25) is 0 Å². The van der Waals surface area contributed by atoms with E-state index in [9.17, 15) is 9.90 Å². The summed E-state index contributed by atoms with van der Waals surface area (Å²) >= 11 is 0. The first kappa shape index (κ1) is 29.0. The molecule has 0 bridgehead atoms. The Bertz CT molecular complexity index is 794. The zero-order valence-corrected chi connectivity index (χ0v) is 24.0. The van der Waals surface area contributed by atoms with Crippen LogP contribution in [0.4, 0.5) is 0 Å². The molecule has 37 heavy (non-hydrogen) atoms. The zero-order chi connectivity index (χ0) is 26.6. The predicted octanol–water partition coefficient (Wildman–Crippen LogP) is 4.07. The van der Waals surface area contributed by atoms with Gasteiger partial charge in [-0.1, -0.05) is 32.4 Å². The first-order valence-electron chi connectivity index (χ1n) is 15.5. The lowest BCUT2D eigenvalue weighted by Gasteiger charge is -2.58. The number of nitrogens with one attached hydrogen (secondary N) is 1. The smallest absolute Gasteiger partial charge is 0.223 e. The number of carbonyl (C=O) groups excluding carboxylic acids is 1. The summed E-state index contributed by atoms with van der Waals surface area (Å²) in [5, 5.41) is 13.6. The van der Waals surface area contributed by atoms with Gasteiger partial charge in [-0.25, -0.2) is 0 Å². The molecule has 0 aromatic rings. The van der Waals surface area contributed by atoms with Gasteiger partial charge in [0.2, 0.25) is 5.91 Å². The van der Waals surface area contributed by atoms with E-state index in [0.29, 0.717) is 5.92 Å². The number of amides is 1. The molecule has 3 saturated carbocycles. The molecule has 0 aliphatic heterocycles. The highest BCUT2D eigenvalue weighted by Crippen LogP contribution is 2.67. The van der Waals surface area contributed by atoms with Crippen molar-refractivity contribution >= 4 is 5.91 Å². The molecule has 4 rings (SSSR count). The minimum Gasteiger partial charge on any atom is -0.393 e. The number of carbonyl (C=O) groups is 1. The summed E-state index contributed by atoms with van der Waals surface area (Å²) < 4.78 is 0. The molecule has 0 unspecified atom stereocenters. The monoisotopic (exact) mass is 516 g/mol. The van der Waals surface area contributed by atoms with E-state index in [2.05, 4.69) is 37.1 Å². The van der Waals surface area contributed by atoms with Crippen LogP contribution in [-0.2, 0) is 4.79 Å². The van der Waals surface area contributed by atoms with Crippen LogP contribution in [0.5, 0.6) is 0 Å². The minimum atomic E-state index is -0.139. The van der Waals surface area contributed by atoms with Gasteiger partial charge in [0.15, 0.2) is 0 Å². The lowest BCUT2D eigenvalue weighted by molar-refractivity contribution is -0.129. The molecule has 6 N–H and O–H groups in total. The first-order valence-corrected chi connectivity index (χ1v) is 15.5. The van der Waals surface area contributed by atoms with Crippen LogP contribution < -0.4 is 16.8 Å². The number of aliphatic hydroxyl groups excluding tert-OH is 1. The Labute approximate surface area is 226 Å². The molecular formula is C31H56N4O2. The molecule has 0 heterocycles. The number of fused-ring (bicyclic) bond motifs is 5. The summed E-state index contributed by atoms with van der Waals surface area (Å²) in [6.45, 7) is 12.4. The van der Waals surface area contributed by atoms with Gasteiger partial charge >= 0.3 is 0 Å². The molecule has 6 nitrogen and oxygen atoms in total. The summed E-state index contributed by atoms with van der Waals surface area (Å²) in [6.07, 6.45) is 14.5. The van der Waals surface area contributed by atoms with E-state index in [1.54, 1.807) is 5.57 Å². The van der Waals surface area contributed by atoms with Gasteiger partial charge in [0.1, 0.15) is 0 Å². The average molecular weight is 517 g/mol. The molecule has 0 aromatic carbocycles. The normalized spacial score (nSPS) is 37.9. The molecule has 0 aromatic heterocycles. The van der Waals surface area contributed by atoms with Crippen LogP contribution in [0, 0.1) is 40.4 Å². The van der Waals surface area contributed by atoms with Crippen molar-refractivity contribution in [1.29, 1.82) is 0 Å². The van der Waals surface area contributed by atoms with Crippen molar-refractivity contribution in [2.75, 3.05) is 39.3 Å². The summed E-state index contributed by atoms with van der Waals surface area (Å²) in [7, 11) is 0. The van der Waals surface area contributed by atoms with Gasteiger partial charge in [-0.05, 0) is 138 Å². The second-order valence-corrected chi connectivity index (χ2v) is 13.4. The van der Waals surface area contributed by atoms with Gasteiger partial charge < -0.3 is 26.8 Å². The van der Waals surface area contributed by atoms with E-state index in [-0.39, 0.29) is 28.8 Å². The fourth-order valence-corrected chi connectivity index (χ4v) is 9.33. The number of nitrogens with zero attached hydrogens (tertiary/aromatic N) is 1. The largest absolute Gasteiger partial charge is 0.393 e. The van der Waals surface area contributed by atoms with Crippen molar-refractivity contribution < 1.29 is 9.90 Å². The Balaban J connectivity index is 1.31. The van der Waals surface area contributed by atoms with E-state index in [0.717, 1.165) is 95.5 Å². The fourth-order valence-electron chi connectivity index (χ4n) is 9.33. The molecule has 0 saturated heterocycles. The Morgan fingerprint density at radius 1 is 1.05 bits per heavy atom. The van der Waals surface area contributed by atoms with Crippen molar-refractivity contribution in [1.82, 2.24) is 10.2 Å². The van der Waals surface area contributed by atoms with E-state index in [1.165, 1.54) is 32.1 Å². The fraction of sp³-hybridized carbons (Fsp3) is 0.903. The Morgan fingerprint density at radius 3 is 2.46 bits per heavy atom. The lowest BCUT2D eigenvalue weighted by atomic mass is 9.47. The first-order chi connectivity index (χ1) is 17.7. The Kier molecular flexibility index (Phi) is 9.80. The van der Waals surface area contributed by atoms with Gasteiger partial charge in [0.05, 0.1) is 6.10 Å². The lowest BCUT2D eigenvalue weighted by Crippen LogP contribution is -2.51. The number of allylic oxidation sites excluding steroid dienone is 1. The Hall–Kier alpha value is -0.950. The third-order valence-electron chi connectivity index (χ3n) is 11.5. The Morgan fingerprint density at radius 2 is 1.76 bits per heavy atom. The van der Waals surface area contributed by atoms with Crippen molar-refractivity contribution in [2.45, 2.75) is 97.5 Å². The number of nitrogens with two attached hydrogens (primary N) is 2. The average Bonchev–Trinajstić information content (AvgIpc) is 3.24. The minimum absolute atomic E-state index is 0.0761. The van der Waals surface area contributed by atoms with Gasteiger partial charge in [-0.2, -0.15) is 0 Å². The second-order valence-electron chi connectivity index (χ2n) is 13.4. The third-order valence-corrected chi connectivity index (χ3v) is 11.5. The maximum Gasteiger partial charge on any atom is 0.223 e. The van der Waals surface area contributed by atoms with Crippen LogP contribution in [0.15, 0.2) is 11.6 Å². The van der Waals surface area contributed by atoms with Crippen molar-refractivity contribution in [3.8, 4) is 0 Å². The van der Waals surface area contributed by atoms with E-state index in [4.69, 9.17) is 11.5 Å². The van der Waals surface area contributed by atoms with Crippen LogP contribution in [-0.4, -0.2) is 61.3 Å².